The van der Waals surface area contributed by atoms with Crippen molar-refractivity contribution in [3.05, 3.63) is 52.6 Å². The summed E-state index contributed by atoms with van der Waals surface area (Å²) in [5.74, 6) is 0.182. The maximum atomic E-state index is 13.4. The molecule has 0 aliphatic carbocycles. The van der Waals surface area contributed by atoms with Gasteiger partial charge in [0.25, 0.3) is 5.91 Å². The zero-order valence-corrected chi connectivity index (χ0v) is 14.2. The van der Waals surface area contributed by atoms with Gasteiger partial charge in [-0.15, -0.1) is 0 Å². The highest BCUT2D eigenvalue weighted by atomic mass is 32.1. The topological polar surface area (TPSA) is 52.8 Å². The van der Waals surface area contributed by atoms with E-state index in [0.29, 0.717) is 21.9 Å². The molecule has 2 aromatic carbocycles. The van der Waals surface area contributed by atoms with Gasteiger partial charge in [-0.05, 0) is 36.4 Å². The number of thiazole rings is 1. The quantitative estimate of drug-likeness (QED) is 0.732. The lowest BCUT2D eigenvalue weighted by Gasteiger charge is -2.07. The number of carbonyl (C=O) groups is 1. The number of hydrogen-bond acceptors (Lipinski definition) is 4. The molecule has 3 aromatic rings. The highest BCUT2D eigenvalue weighted by Gasteiger charge is 2.14. The van der Waals surface area contributed by atoms with E-state index in [0.717, 1.165) is 10.2 Å². The van der Waals surface area contributed by atoms with Gasteiger partial charge in [0.2, 0.25) is 0 Å². The Kier molecular flexibility index (Phi) is 4.35. The Morgan fingerprint density at radius 3 is 2.67 bits per heavy atom. The third-order valence-electron chi connectivity index (χ3n) is 3.61. The molecule has 0 fully saturated rings. The Morgan fingerprint density at radius 1 is 1.17 bits per heavy atom. The number of methoxy groups -OCH3 is 2. The summed E-state index contributed by atoms with van der Waals surface area (Å²) < 4.78 is 26.2. The van der Waals surface area contributed by atoms with Crippen molar-refractivity contribution in [2.24, 2.45) is 12.0 Å². The number of halogens is 1. The molecule has 1 amide bonds. The highest BCUT2D eigenvalue weighted by Crippen LogP contribution is 2.25. The van der Waals surface area contributed by atoms with E-state index in [1.807, 2.05) is 0 Å². The smallest absolute Gasteiger partial charge is 0.283 e. The molecule has 0 aliphatic heterocycles. The number of rotatable bonds is 3. The van der Waals surface area contributed by atoms with Gasteiger partial charge in [-0.1, -0.05) is 11.3 Å². The normalized spacial score (nSPS) is 11.8. The lowest BCUT2D eigenvalue weighted by molar-refractivity contribution is 0.0994. The molecular formula is C17H15FN2O3S. The van der Waals surface area contributed by atoms with E-state index in [4.69, 9.17) is 9.47 Å². The summed E-state index contributed by atoms with van der Waals surface area (Å²) in [5, 5.41) is 0. The molecule has 0 spiro atoms. The zero-order chi connectivity index (χ0) is 17.3. The molecule has 0 N–H and O–H groups in total. The average Bonchev–Trinajstić information content (AvgIpc) is 2.89. The van der Waals surface area contributed by atoms with Gasteiger partial charge in [0.15, 0.2) is 4.80 Å². The molecule has 0 unspecified atom stereocenters. The number of aromatic nitrogens is 1. The van der Waals surface area contributed by atoms with Gasteiger partial charge >= 0.3 is 0 Å². The summed E-state index contributed by atoms with van der Waals surface area (Å²) in [5.41, 5.74) is 1.12. The number of carbonyl (C=O) groups excluding carboxylic acids is 1. The molecule has 124 valence electrons. The SMILES string of the molecule is COc1ccc(OC)c(C(=O)N=c2sc3cc(F)ccc3n2C)c1. The summed E-state index contributed by atoms with van der Waals surface area (Å²) in [6.45, 7) is 0. The minimum atomic E-state index is -0.451. The molecule has 5 nitrogen and oxygen atoms in total. The van der Waals surface area contributed by atoms with Crippen molar-refractivity contribution in [3.8, 4) is 11.5 Å². The second-order valence-corrected chi connectivity index (χ2v) is 6.05. The van der Waals surface area contributed by atoms with Crippen LogP contribution in [-0.2, 0) is 7.05 Å². The van der Waals surface area contributed by atoms with Crippen molar-refractivity contribution in [2.75, 3.05) is 14.2 Å². The minimum absolute atomic E-state index is 0.306. The van der Waals surface area contributed by atoms with E-state index >= 15 is 0 Å². The summed E-state index contributed by atoms with van der Waals surface area (Å²) in [6, 6.07) is 9.41. The maximum absolute atomic E-state index is 13.4. The Hall–Kier alpha value is -2.67. The van der Waals surface area contributed by atoms with Crippen molar-refractivity contribution < 1.29 is 18.7 Å². The number of amides is 1. The number of fused-ring (bicyclic) bond motifs is 1. The van der Waals surface area contributed by atoms with E-state index < -0.39 is 5.91 Å². The van der Waals surface area contributed by atoms with Crippen molar-refractivity contribution in [1.82, 2.24) is 4.57 Å². The van der Waals surface area contributed by atoms with Gasteiger partial charge in [-0.2, -0.15) is 4.99 Å². The van der Waals surface area contributed by atoms with Gasteiger partial charge < -0.3 is 14.0 Å². The molecule has 0 aliphatic rings. The Balaban J connectivity index is 2.12. The zero-order valence-electron chi connectivity index (χ0n) is 13.4. The van der Waals surface area contributed by atoms with Crippen LogP contribution in [0.15, 0.2) is 41.4 Å². The van der Waals surface area contributed by atoms with Gasteiger partial charge in [0, 0.05) is 7.05 Å². The monoisotopic (exact) mass is 346 g/mol. The van der Waals surface area contributed by atoms with Crippen LogP contribution >= 0.6 is 11.3 Å². The standard InChI is InChI=1S/C17H15FN2O3S/c1-20-13-6-4-10(18)8-15(13)24-17(20)19-16(21)12-9-11(22-2)5-7-14(12)23-3/h4-9H,1-3H3. The first-order valence-electron chi connectivity index (χ1n) is 7.09. The third-order valence-corrected chi connectivity index (χ3v) is 4.70. The van der Waals surface area contributed by atoms with Crippen LogP contribution < -0.4 is 14.3 Å². The molecule has 0 radical (unpaired) electrons. The molecule has 0 saturated carbocycles. The first-order valence-corrected chi connectivity index (χ1v) is 7.91. The Bertz CT molecular complexity index is 991. The van der Waals surface area contributed by atoms with Crippen LogP contribution in [-0.4, -0.2) is 24.7 Å². The number of aryl methyl sites for hydroxylation is 1. The summed E-state index contributed by atoms with van der Waals surface area (Å²) in [6.07, 6.45) is 0. The fourth-order valence-electron chi connectivity index (χ4n) is 2.34. The first-order chi connectivity index (χ1) is 11.5. The average molecular weight is 346 g/mol. The Labute approximate surface area is 141 Å². The van der Waals surface area contributed by atoms with E-state index in [1.165, 1.54) is 37.7 Å². The van der Waals surface area contributed by atoms with Crippen LogP contribution in [0.2, 0.25) is 0 Å². The van der Waals surface area contributed by atoms with Crippen LogP contribution in [0.5, 0.6) is 11.5 Å². The summed E-state index contributed by atoms with van der Waals surface area (Å²) >= 11 is 1.25. The van der Waals surface area contributed by atoms with E-state index in [1.54, 1.807) is 35.9 Å². The van der Waals surface area contributed by atoms with Crippen molar-refractivity contribution >= 4 is 27.5 Å². The predicted octanol–water partition coefficient (Wildman–Crippen LogP) is 3.14. The fourth-order valence-corrected chi connectivity index (χ4v) is 3.38. The number of benzene rings is 2. The minimum Gasteiger partial charge on any atom is -0.497 e. The summed E-state index contributed by atoms with van der Waals surface area (Å²) in [4.78, 5) is 17.2. The third kappa shape index (κ3) is 2.90. The van der Waals surface area contributed by atoms with Crippen LogP contribution in [0.1, 0.15) is 10.4 Å². The molecule has 0 bridgehead atoms. The van der Waals surface area contributed by atoms with Crippen LogP contribution in [0.25, 0.3) is 10.2 Å². The molecule has 24 heavy (non-hydrogen) atoms. The molecule has 7 heteroatoms. The number of nitrogens with zero attached hydrogens (tertiary/aromatic N) is 2. The van der Waals surface area contributed by atoms with Crippen LogP contribution in [0.4, 0.5) is 4.39 Å². The van der Waals surface area contributed by atoms with Gasteiger partial charge in [0.05, 0.1) is 30.0 Å². The lowest BCUT2D eigenvalue weighted by atomic mass is 10.2. The molecule has 0 saturated heterocycles. The second-order valence-electron chi connectivity index (χ2n) is 5.04. The molecule has 0 atom stereocenters. The molecule has 1 aromatic heterocycles. The molecular weight excluding hydrogens is 331 g/mol. The largest absolute Gasteiger partial charge is 0.497 e. The lowest BCUT2D eigenvalue weighted by Crippen LogP contribution is -2.13. The van der Waals surface area contributed by atoms with Gasteiger partial charge in [-0.3, -0.25) is 4.79 Å². The van der Waals surface area contributed by atoms with Crippen molar-refractivity contribution in [2.45, 2.75) is 0 Å². The molecule has 1 heterocycles. The molecule has 3 rings (SSSR count). The fraction of sp³-hybridized carbons (Fsp3) is 0.176. The van der Waals surface area contributed by atoms with Crippen LogP contribution in [0, 0.1) is 5.82 Å². The van der Waals surface area contributed by atoms with E-state index in [9.17, 15) is 9.18 Å². The van der Waals surface area contributed by atoms with E-state index in [2.05, 4.69) is 4.99 Å². The first kappa shape index (κ1) is 16.2. The second kappa shape index (κ2) is 6.45. The summed E-state index contributed by atoms with van der Waals surface area (Å²) in [7, 11) is 4.79. The van der Waals surface area contributed by atoms with Crippen molar-refractivity contribution in [1.29, 1.82) is 0 Å². The van der Waals surface area contributed by atoms with Gasteiger partial charge in [-0.25, -0.2) is 4.39 Å². The van der Waals surface area contributed by atoms with Crippen LogP contribution in [0.3, 0.4) is 0 Å². The van der Waals surface area contributed by atoms with Gasteiger partial charge in [0.1, 0.15) is 17.3 Å². The van der Waals surface area contributed by atoms with E-state index in [-0.39, 0.29) is 5.82 Å². The number of hydrogen-bond donors (Lipinski definition) is 0. The maximum Gasteiger partial charge on any atom is 0.283 e. The van der Waals surface area contributed by atoms with Crippen molar-refractivity contribution in [3.63, 3.8) is 0 Å². The predicted molar refractivity (Wildman–Crippen MR) is 90.2 cm³/mol. The number of ether oxygens (including phenoxy) is 2. The highest BCUT2D eigenvalue weighted by molar-refractivity contribution is 7.16. The Morgan fingerprint density at radius 2 is 1.96 bits per heavy atom.